The number of aromatic nitrogens is 1. The first kappa shape index (κ1) is 16.3. The summed E-state index contributed by atoms with van der Waals surface area (Å²) in [5.41, 5.74) is 1.41. The van der Waals surface area contributed by atoms with Gasteiger partial charge in [0, 0.05) is 24.5 Å². The molecule has 2 N–H and O–H groups in total. The van der Waals surface area contributed by atoms with Gasteiger partial charge in [0.15, 0.2) is 0 Å². The maximum atomic E-state index is 12.8. The topological polar surface area (TPSA) is 71.1 Å². The number of fused-ring (bicyclic) bond motifs is 1. The van der Waals surface area contributed by atoms with E-state index in [0.29, 0.717) is 29.3 Å². The zero-order valence-electron chi connectivity index (χ0n) is 14.2. The summed E-state index contributed by atoms with van der Waals surface area (Å²) in [5, 5.41) is 7.65. The highest BCUT2D eigenvalue weighted by molar-refractivity contribution is 6.14. The van der Waals surface area contributed by atoms with Crippen LogP contribution < -0.4 is 10.6 Å². The monoisotopic (exact) mass is 345 g/mol. The molecule has 5 heteroatoms. The SMILES string of the molecule is O=C(NCC1CC1)c1cnccc1NC(=O)c1cccc2ccccc12. The Hall–Kier alpha value is -3.21. The predicted octanol–water partition coefficient (Wildman–Crippen LogP) is 3.63. The summed E-state index contributed by atoms with van der Waals surface area (Å²) in [6.07, 6.45) is 5.38. The summed E-state index contributed by atoms with van der Waals surface area (Å²) in [4.78, 5) is 29.3. The molecule has 0 aliphatic heterocycles. The van der Waals surface area contributed by atoms with Gasteiger partial charge in [-0.2, -0.15) is 0 Å². The fourth-order valence-corrected chi connectivity index (χ4v) is 2.95. The molecule has 0 saturated heterocycles. The predicted molar refractivity (Wildman–Crippen MR) is 101 cm³/mol. The highest BCUT2D eigenvalue weighted by atomic mass is 16.2. The van der Waals surface area contributed by atoms with Crippen molar-refractivity contribution in [2.75, 3.05) is 11.9 Å². The van der Waals surface area contributed by atoms with Crippen molar-refractivity contribution in [1.29, 1.82) is 0 Å². The third-order valence-corrected chi connectivity index (χ3v) is 4.60. The molecule has 0 spiro atoms. The second-order valence-corrected chi connectivity index (χ2v) is 6.56. The third kappa shape index (κ3) is 3.42. The fraction of sp³-hybridized carbons (Fsp3) is 0.190. The standard InChI is InChI=1S/C21H19N3O2/c25-20(23-12-14-8-9-14)18-13-22-11-10-19(18)24-21(26)17-7-3-5-15-4-1-2-6-16(15)17/h1-7,10-11,13-14H,8-9,12H2,(H,23,25)(H,22,24,26). The van der Waals surface area contributed by atoms with E-state index in [9.17, 15) is 9.59 Å². The second kappa shape index (κ2) is 6.96. The van der Waals surface area contributed by atoms with Gasteiger partial charge in [-0.15, -0.1) is 0 Å². The van der Waals surface area contributed by atoms with Crippen LogP contribution >= 0.6 is 0 Å². The number of nitrogens with one attached hydrogen (secondary N) is 2. The Labute approximate surface area is 151 Å². The Balaban J connectivity index is 1.58. The minimum absolute atomic E-state index is 0.210. The summed E-state index contributed by atoms with van der Waals surface area (Å²) >= 11 is 0. The maximum Gasteiger partial charge on any atom is 0.256 e. The molecule has 26 heavy (non-hydrogen) atoms. The molecule has 1 aromatic heterocycles. The first-order chi connectivity index (χ1) is 12.7. The summed E-state index contributed by atoms with van der Waals surface area (Å²) < 4.78 is 0. The van der Waals surface area contributed by atoms with Gasteiger partial charge in [-0.05, 0) is 41.7 Å². The van der Waals surface area contributed by atoms with E-state index in [4.69, 9.17) is 0 Å². The number of carbonyl (C=O) groups is 2. The van der Waals surface area contributed by atoms with Crippen molar-refractivity contribution in [3.8, 4) is 0 Å². The maximum absolute atomic E-state index is 12.8. The lowest BCUT2D eigenvalue weighted by atomic mass is 10.0. The minimum Gasteiger partial charge on any atom is -0.352 e. The normalized spacial score (nSPS) is 13.4. The van der Waals surface area contributed by atoms with E-state index < -0.39 is 0 Å². The third-order valence-electron chi connectivity index (χ3n) is 4.60. The van der Waals surface area contributed by atoms with Gasteiger partial charge in [0.2, 0.25) is 0 Å². The smallest absolute Gasteiger partial charge is 0.256 e. The molecule has 1 aliphatic carbocycles. The lowest BCUT2D eigenvalue weighted by Crippen LogP contribution is -2.27. The highest BCUT2D eigenvalue weighted by Gasteiger charge is 2.23. The largest absolute Gasteiger partial charge is 0.352 e. The first-order valence-electron chi connectivity index (χ1n) is 8.73. The molecule has 130 valence electrons. The van der Waals surface area contributed by atoms with Crippen molar-refractivity contribution >= 4 is 28.3 Å². The van der Waals surface area contributed by atoms with Crippen LogP contribution in [0.25, 0.3) is 10.8 Å². The number of anilines is 1. The number of rotatable bonds is 5. The number of amides is 2. The summed E-state index contributed by atoms with van der Waals surface area (Å²) in [5.74, 6) is 0.131. The van der Waals surface area contributed by atoms with E-state index in [2.05, 4.69) is 15.6 Å². The van der Waals surface area contributed by atoms with E-state index in [-0.39, 0.29) is 11.8 Å². The molecule has 4 rings (SSSR count). The second-order valence-electron chi connectivity index (χ2n) is 6.56. The van der Waals surface area contributed by atoms with Gasteiger partial charge < -0.3 is 10.6 Å². The van der Waals surface area contributed by atoms with Crippen molar-refractivity contribution in [3.63, 3.8) is 0 Å². The Morgan fingerprint density at radius 3 is 2.62 bits per heavy atom. The van der Waals surface area contributed by atoms with Crippen LogP contribution in [0.3, 0.4) is 0 Å². The number of hydrogen-bond donors (Lipinski definition) is 2. The molecule has 2 aromatic carbocycles. The van der Waals surface area contributed by atoms with Crippen LogP contribution in [0.5, 0.6) is 0 Å². The Kier molecular flexibility index (Phi) is 4.35. The molecule has 1 saturated carbocycles. The molecule has 3 aromatic rings. The quantitative estimate of drug-likeness (QED) is 0.742. The van der Waals surface area contributed by atoms with E-state index >= 15 is 0 Å². The molecular weight excluding hydrogens is 326 g/mol. The van der Waals surface area contributed by atoms with Crippen LogP contribution in [-0.2, 0) is 0 Å². The fourth-order valence-electron chi connectivity index (χ4n) is 2.95. The van der Waals surface area contributed by atoms with Gasteiger partial charge in [0.1, 0.15) is 0 Å². The van der Waals surface area contributed by atoms with Gasteiger partial charge in [-0.3, -0.25) is 14.6 Å². The van der Waals surface area contributed by atoms with E-state index in [1.54, 1.807) is 18.3 Å². The zero-order valence-corrected chi connectivity index (χ0v) is 14.2. The average molecular weight is 345 g/mol. The summed E-state index contributed by atoms with van der Waals surface area (Å²) in [6.45, 7) is 0.671. The van der Waals surface area contributed by atoms with Gasteiger partial charge in [0.25, 0.3) is 11.8 Å². The van der Waals surface area contributed by atoms with Crippen molar-refractivity contribution in [2.24, 2.45) is 5.92 Å². The summed E-state index contributed by atoms with van der Waals surface area (Å²) in [6, 6.07) is 15.0. The number of hydrogen-bond acceptors (Lipinski definition) is 3. The zero-order chi connectivity index (χ0) is 17.9. The van der Waals surface area contributed by atoms with Gasteiger partial charge in [-0.25, -0.2) is 0 Å². The number of nitrogens with zero attached hydrogens (tertiary/aromatic N) is 1. The van der Waals surface area contributed by atoms with Crippen molar-refractivity contribution in [3.05, 3.63) is 72.1 Å². The van der Waals surface area contributed by atoms with Crippen molar-refractivity contribution in [1.82, 2.24) is 10.3 Å². The molecule has 1 aliphatic rings. The molecule has 5 nitrogen and oxygen atoms in total. The van der Waals surface area contributed by atoms with Crippen LogP contribution in [0, 0.1) is 5.92 Å². The molecule has 1 heterocycles. The van der Waals surface area contributed by atoms with Gasteiger partial charge in [-0.1, -0.05) is 36.4 Å². The lowest BCUT2D eigenvalue weighted by Gasteiger charge is -2.12. The van der Waals surface area contributed by atoms with E-state index in [1.807, 2.05) is 36.4 Å². The van der Waals surface area contributed by atoms with Crippen molar-refractivity contribution in [2.45, 2.75) is 12.8 Å². The summed E-state index contributed by atoms with van der Waals surface area (Å²) in [7, 11) is 0. The number of pyridine rings is 1. The molecule has 2 amide bonds. The Bertz CT molecular complexity index is 974. The number of carbonyl (C=O) groups excluding carboxylic acids is 2. The van der Waals surface area contributed by atoms with Crippen LogP contribution in [-0.4, -0.2) is 23.3 Å². The van der Waals surface area contributed by atoms with Crippen LogP contribution in [0.4, 0.5) is 5.69 Å². The van der Waals surface area contributed by atoms with Gasteiger partial charge in [0.05, 0.1) is 11.3 Å². The number of benzene rings is 2. The molecular formula is C21H19N3O2. The molecule has 0 atom stereocenters. The van der Waals surface area contributed by atoms with Crippen LogP contribution in [0.15, 0.2) is 60.9 Å². The highest BCUT2D eigenvalue weighted by Crippen LogP contribution is 2.28. The molecule has 1 fully saturated rings. The van der Waals surface area contributed by atoms with E-state index in [1.165, 1.54) is 6.20 Å². The molecule has 0 unspecified atom stereocenters. The Morgan fingerprint density at radius 1 is 0.962 bits per heavy atom. The van der Waals surface area contributed by atoms with Gasteiger partial charge >= 0.3 is 0 Å². The van der Waals surface area contributed by atoms with Crippen LogP contribution in [0.1, 0.15) is 33.6 Å². The minimum atomic E-state index is -0.246. The lowest BCUT2D eigenvalue weighted by molar-refractivity contribution is 0.0952. The molecule has 0 radical (unpaired) electrons. The average Bonchev–Trinajstić information content (AvgIpc) is 3.50. The molecule has 0 bridgehead atoms. The van der Waals surface area contributed by atoms with E-state index in [0.717, 1.165) is 23.6 Å². The van der Waals surface area contributed by atoms with Crippen molar-refractivity contribution < 1.29 is 9.59 Å². The van der Waals surface area contributed by atoms with Crippen LogP contribution in [0.2, 0.25) is 0 Å². The first-order valence-corrected chi connectivity index (χ1v) is 8.73. The Morgan fingerprint density at radius 2 is 1.77 bits per heavy atom.